The molecule has 0 spiro atoms. The van der Waals surface area contributed by atoms with Crippen LogP contribution in [0.15, 0.2) is 11.6 Å². The van der Waals surface area contributed by atoms with Gasteiger partial charge >= 0.3 is 11.9 Å². The summed E-state index contributed by atoms with van der Waals surface area (Å²) in [5.41, 5.74) is 0.867. The monoisotopic (exact) mass is 452 g/mol. The molecule has 2 aliphatic carbocycles. The summed E-state index contributed by atoms with van der Waals surface area (Å²) in [6.45, 7) is 12.5. The lowest BCUT2D eigenvalue weighted by molar-refractivity contribution is -0.170. The van der Waals surface area contributed by atoms with E-state index in [1.807, 2.05) is 20.8 Å². The third-order valence-corrected chi connectivity index (χ3v) is 7.95. The molecule has 3 N–H and O–H groups in total. The molecule has 0 radical (unpaired) electrons. The number of rotatable bonds is 10. The van der Waals surface area contributed by atoms with Crippen LogP contribution in [0.5, 0.6) is 0 Å². The lowest BCUT2D eigenvalue weighted by atomic mass is 9.58. The van der Waals surface area contributed by atoms with Gasteiger partial charge in [0, 0.05) is 5.92 Å². The molecule has 0 amide bonds. The highest BCUT2D eigenvalue weighted by Crippen LogP contribution is 2.50. The highest BCUT2D eigenvalue weighted by atomic mass is 16.5. The number of allylic oxidation sites excluding steroid dienone is 2. The number of aliphatic carboxylic acids is 1. The van der Waals surface area contributed by atoms with Gasteiger partial charge in [-0.05, 0) is 83.0 Å². The van der Waals surface area contributed by atoms with Gasteiger partial charge in [0.15, 0.2) is 0 Å². The summed E-state index contributed by atoms with van der Waals surface area (Å²) in [4.78, 5) is 23.7. The minimum absolute atomic E-state index is 0.0660. The Hall–Kier alpha value is -1.40. The molecule has 0 aromatic heterocycles. The topological polar surface area (TPSA) is 104 Å². The van der Waals surface area contributed by atoms with Crippen LogP contribution < -0.4 is 0 Å². The largest absolute Gasteiger partial charge is 0.481 e. The van der Waals surface area contributed by atoms with Crippen LogP contribution in [0.1, 0.15) is 86.5 Å². The summed E-state index contributed by atoms with van der Waals surface area (Å²) in [6.07, 6.45) is 4.06. The van der Waals surface area contributed by atoms with Crippen molar-refractivity contribution in [1.82, 2.24) is 0 Å². The maximum absolute atomic E-state index is 12.9. The molecule has 0 aromatic rings. The SMILES string of the molecule is CCC(C)(C)C(=O)O[C@H]1C[C@@H](C)C[C@@H]2C(C)=C[C@@H](C)[C@H](CC[C@@H](O)C[C@@H](O)CC(=O)O)[C@@H]12. The van der Waals surface area contributed by atoms with Crippen molar-refractivity contribution in [2.75, 3.05) is 0 Å². The summed E-state index contributed by atoms with van der Waals surface area (Å²) >= 11 is 0. The Labute approximate surface area is 193 Å². The molecule has 0 bridgehead atoms. The molecule has 1 fully saturated rings. The Morgan fingerprint density at radius 3 is 2.44 bits per heavy atom. The predicted octanol–water partition coefficient (Wildman–Crippen LogP) is 4.58. The van der Waals surface area contributed by atoms with Gasteiger partial charge in [0.1, 0.15) is 6.10 Å². The van der Waals surface area contributed by atoms with E-state index in [2.05, 4.69) is 26.8 Å². The Kier molecular flexibility index (Phi) is 9.35. The van der Waals surface area contributed by atoms with Crippen molar-refractivity contribution < 1.29 is 29.6 Å². The molecule has 8 atom stereocenters. The fraction of sp³-hybridized carbons (Fsp3) is 0.846. The Morgan fingerprint density at radius 2 is 1.84 bits per heavy atom. The summed E-state index contributed by atoms with van der Waals surface area (Å²) < 4.78 is 6.20. The molecule has 184 valence electrons. The molecule has 0 saturated heterocycles. The number of esters is 1. The van der Waals surface area contributed by atoms with E-state index in [4.69, 9.17) is 9.84 Å². The zero-order valence-corrected chi connectivity index (χ0v) is 20.7. The van der Waals surface area contributed by atoms with Crippen molar-refractivity contribution in [2.24, 2.45) is 35.0 Å². The smallest absolute Gasteiger partial charge is 0.311 e. The normalized spacial score (nSPS) is 32.4. The van der Waals surface area contributed by atoms with Crippen LogP contribution in [0, 0.1) is 35.0 Å². The van der Waals surface area contributed by atoms with Crippen molar-refractivity contribution in [1.29, 1.82) is 0 Å². The lowest BCUT2D eigenvalue weighted by Crippen LogP contribution is -2.48. The molecule has 32 heavy (non-hydrogen) atoms. The fourth-order valence-corrected chi connectivity index (χ4v) is 5.70. The average molecular weight is 453 g/mol. The molecule has 0 unspecified atom stereocenters. The van der Waals surface area contributed by atoms with Gasteiger partial charge in [-0.2, -0.15) is 0 Å². The van der Waals surface area contributed by atoms with Crippen LogP contribution in [0.4, 0.5) is 0 Å². The van der Waals surface area contributed by atoms with Gasteiger partial charge in [0.2, 0.25) is 0 Å². The molecule has 6 heteroatoms. The van der Waals surface area contributed by atoms with E-state index in [1.54, 1.807) is 0 Å². The zero-order chi connectivity index (χ0) is 24.2. The molecule has 2 rings (SSSR count). The van der Waals surface area contributed by atoms with Crippen LogP contribution in [0.25, 0.3) is 0 Å². The first-order valence-electron chi connectivity index (χ1n) is 12.3. The van der Waals surface area contributed by atoms with Crippen LogP contribution in [0.2, 0.25) is 0 Å². The highest BCUT2D eigenvalue weighted by Gasteiger charge is 2.47. The molecule has 1 saturated carbocycles. The second-order valence-electron chi connectivity index (χ2n) is 11.1. The van der Waals surface area contributed by atoms with E-state index in [0.717, 1.165) is 25.7 Å². The highest BCUT2D eigenvalue weighted by molar-refractivity contribution is 5.76. The second-order valence-corrected chi connectivity index (χ2v) is 11.1. The lowest BCUT2D eigenvalue weighted by Gasteiger charge is -2.49. The number of aliphatic hydroxyl groups is 2. The number of carboxylic acid groups (broad SMARTS) is 1. The van der Waals surface area contributed by atoms with E-state index in [9.17, 15) is 19.8 Å². The van der Waals surface area contributed by atoms with Gasteiger partial charge in [-0.15, -0.1) is 0 Å². The number of carboxylic acids is 1. The van der Waals surface area contributed by atoms with E-state index >= 15 is 0 Å². The third-order valence-electron chi connectivity index (χ3n) is 7.95. The summed E-state index contributed by atoms with van der Waals surface area (Å²) in [5.74, 6) is 0.452. The number of carbonyl (C=O) groups excluding carboxylic acids is 1. The van der Waals surface area contributed by atoms with Gasteiger partial charge in [-0.25, -0.2) is 0 Å². The van der Waals surface area contributed by atoms with Gasteiger partial charge in [0.25, 0.3) is 0 Å². The van der Waals surface area contributed by atoms with Crippen LogP contribution in [-0.2, 0) is 14.3 Å². The first-order chi connectivity index (χ1) is 14.9. The Bertz CT molecular complexity index is 684. The van der Waals surface area contributed by atoms with Crippen molar-refractivity contribution in [3.8, 4) is 0 Å². The van der Waals surface area contributed by atoms with Crippen LogP contribution >= 0.6 is 0 Å². The predicted molar refractivity (Wildman–Crippen MR) is 124 cm³/mol. The summed E-state index contributed by atoms with van der Waals surface area (Å²) in [5, 5.41) is 29.1. The average Bonchev–Trinajstić information content (AvgIpc) is 2.67. The Balaban J connectivity index is 2.16. The molecule has 0 aromatic carbocycles. The van der Waals surface area contributed by atoms with Crippen molar-refractivity contribution in [2.45, 2.75) is 105 Å². The van der Waals surface area contributed by atoms with Crippen molar-refractivity contribution >= 4 is 11.9 Å². The second kappa shape index (κ2) is 11.1. The Morgan fingerprint density at radius 1 is 1.19 bits per heavy atom. The maximum Gasteiger partial charge on any atom is 0.311 e. The molecule has 2 aliphatic rings. The number of fused-ring (bicyclic) bond motifs is 1. The van der Waals surface area contributed by atoms with Gasteiger partial charge in [0.05, 0.1) is 24.0 Å². The third kappa shape index (κ3) is 6.80. The fourth-order valence-electron chi connectivity index (χ4n) is 5.70. The van der Waals surface area contributed by atoms with Crippen LogP contribution in [0.3, 0.4) is 0 Å². The summed E-state index contributed by atoms with van der Waals surface area (Å²) in [7, 11) is 0. The molecule has 0 aliphatic heterocycles. The molecule has 0 heterocycles. The maximum atomic E-state index is 12.9. The van der Waals surface area contributed by atoms with E-state index in [0.29, 0.717) is 24.2 Å². The van der Waals surface area contributed by atoms with E-state index < -0.39 is 23.6 Å². The number of hydrogen-bond acceptors (Lipinski definition) is 5. The van der Waals surface area contributed by atoms with Crippen LogP contribution in [-0.4, -0.2) is 45.6 Å². The minimum atomic E-state index is -1.06. The summed E-state index contributed by atoms with van der Waals surface area (Å²) in [6, 6.07) is 0. The quantitative estimate of drug-likeness (QED) is 0.331. The number of ether oxygens (including phenoxy) is 1. The van der Waals surface area contributed by atoms with Gasteiger partial charge < -0.3 is 20.1 Å². The van der Waals surface area contributed by atoms with Gasteiger partial charge in [-0.1, -0.05) is 32.4 Å². The molecular formula is C26H44O6. The van der Waals surface area contributed by atoms with Gasteiger partial charge in [-0.3, -0.25) is 9.59 Å². The number of carbonyl (C=O) groups is 2. The molecular weight excluding hydrogens is 408 g/mol. The minimum Gasteiger partial charge on any atom is -0.481 e. The first-order valence-corrected chi connectivity index (χ1v) is 12.3. The van der Waals surface area contributed by atoms with E-state index in [1.165, 1.54) is 5.57 Å². The van der Waals surface area contributed by atoms with E-state index in [-0.39, 0.29) is 36.8 Å². The standard InChI is InChI=1S/C26H44O6/c1-7-26(5,6)25(31)32-22-11-15(2)10-21-17(4)12-16(3)20(24(21)22)9-8-18(27)13-19(28)14-23(29)30/h12,15-16,18-22,24,27-28H,7-11,13-14H2,1-6H3,(H,29,30)/t15-,16+,18+,19+,20-,21+,22-,24+/m0/s1. The van der Waals surface area contributed by atoms with Crippen molar-refractivity contribution in [3.05, 3.63) is 11.6 Å². The molecule has 6 nitrogen and oxygen atoms in total. The zero-order valence-electron chi connectivity index (χ0n) is 20.7. The number of hydrogen-bond donors (Lipinski definition) is 3. The first kappa shape index (κ1) is 26.8. The number of aliphatic hydroxyl groups excluding tert-OH is 2. The van der Waals surface area contributed by atoms with Crippen molar-refractivity contribution in [3.63, 3.8) is 0 Å².